The van der Waals surface area contributed by atoms with E-state index < -0.39 is 0 Å². The molecule has 1 unspecified atom stereocenters. The Morgan fingerprint density at radius 2 is 2.28 bits per heavy atom. The van der Waals surface area contributed by atoms with Gasteiger partial charge < -0.3 is 10.5 Å². The van der Waals surface area contributed by atoms with Gasteiger partial charge in [0.05, 0.1) is 12.8 Å². The second kappa shape index (κ2) is 5.69. The fourth-order valence-electron chi connectivity index (χ4n) is 1.95. The largest absolute Gasteiger partial charge is 0.494 e. The SMILES string of the molecule is CCOc1cccc(C(N)Cc2cnn(C)c2)c1. The van der Waals surface area contributed by atoms with Crippen LogP contribution >= 0.6 is 0 Å². The minimum Gasteiger partial charge on any atom is -0.494 e. The summed E-state index contributed by atoms with van der Waals surface area (Å²) in [5.74, 6) is 0.872. The zero-order valence-electron chi connectivity index (χ0n) is 10.8. The van der Waals surface area contributed by atoms with E-state index in [1.54, 1.807) is 4.68 Å². The lowest BCUT2D eigenvalue weighted by Crippen LogP contribution is -2.13. The molecule has 2 rings (SSSR count). The van der Waals surface area contributed by atoms with E-state index in [0.29, 0.717) is 6.61 Å². The number of aromatic nitrogens is 2. The molecule has 1 aromatic heterocycles. The van der Waals surface area contributed by atoms with Crippen molar-refractivity contribution in [3.63, 3.8) is 0 Å². The molecule has 1 atom stereocenters. The number of nitrogens with zero attached hydrogens (tertiary/aromatic N) is 2. The van der Waals surface area contributed by atoms with Gasteiger partial charge >= 0.3 is 0 Å². The van der Waals surface area contributed by atoms with Gasteiger partial charge in [0.15, 0.2) is 0 Å². The molecule has 0 amide bonds. The fraction of sp³-hybridized carbons (Fsp3) is 0.357. The monoisotopic (exact) mass is 245 g/mol. The van der Waals surface area contributed by atoms with Gasteiger partial charge in [-0.1, -0.05) is 12.1 Å². The highest BCUT2D eigenvalue weighted by atomic mass is 16.5. The predicted octanol–water partition coefficient (Wildman–Crippen LogP) is 2.06. The minimum absolute atomic E-state index is 0.0328. The zero-order chi connectivity index (χ0) is 13.0. The lowest BCUT2D eigenvalue weighted by Gasteiger charge is -2.12. The number of benzene rings is 1. The molecule has 0 radical (unpaired) electrons. The third kappa shape index (κ3) is 3.11. The maximum atomic E-state index is 6.21. The van der Waals surface area contributed by atoms with Crippen molar-refractivity contribution >= 4 is 0 Å². The summed E-state index contributed by atoms with van der Waals surface area (Å²) >= 11 is 0. The van der Waals surface area contributed by atoms with Crippen molar-refractivity contribution < 1.29 is 4.74 Å². The molecule has 2 N–H and O–H groups in total. The number of rotatable bonds is 5. The minimum atomic E-state index is -0.0328. The Morgan fingerprint density at radius 3 is 2.94 bits per heavy atom. The Labute approximate surface area is 107 Å². The third-order valence-corrected chi connectivity index (χ3v) is 2.81. The van der Waals surface area contributed by atoms with E-state index in [0.717, 1.165) is 23.3 Å². The highest BCUT2D eigenvalue weighted by molar-refractivity contribution is 5.31. The molecule has 0 fully saturated rings. The van der Waals surface area contributed by atoms with Crippen LogP contribution in [0.4, 0.5) is 0 Å². The topological polar surface area (TPSA) is 53.1 Å². The molecule has 1 aromatic carbocycles. The summed E-state index contributed by atoms with van der Waals surface area (Å²) in [5, 5.41) is 4.15. The van der Waals surface area contributed by atoms with Crippen molar-refractivity contribution in [1.29, 1.82) is 0 Å². The molecule has 1 heterocycles. The molecule has 0 aliphatic carbocycles. The number of hydrogen-bond acceptors (Lipinski definition) is 3. The van der Waals surface area contributed by atoms with Crippen molar-refractivity contribution in [1.82, 2.24) is 9.78 Å². The molecule has 96 valence electrons. The molecule has 18 heavy (non-hydrogen) atoms. The van der Waals surface area contributed by atoms with Crippen molar-refractivity contribution in [3.05, 3.63) is 47.8 Å². The second-order valence-corrected chi connectivity index (χ2v) is 4.34. The van der Waals surface area contributed by atoms with Crippen molar-refractivity contribution in [2.75, 3.05) is 6.61 Å². The van der Waals surface area contributed by atoms with Gasteiger partial charge in [-0.25, -0.2) is 0 Å². The number of ether oxygens (including phenoxy) is 1. The van der Waals surface area contributed by atoms with Gasteiger partial charge in [0.25, 0.3) is 0 Å². The van der Waals surface area contributed by atoms with Crippen LogP contribution in [0.25, 0.3) is 0 Å². The van der Waals surface area contributed by atoms with Crippen LogP contribution in [0.1, 0.15) is 24.1 Å². The van der Waals surface area contributed by atoms with Crippen LogP contribution in [-0.2, 0) is 13.5 Å². The Morgan fingerprint density at radius 1 is 1.44 bits per heavy atom. The molecule has 4 heteroatoms. The normalized spacial score (nSPS) is 12.4. The molecule has 0 aliphatic heterocycles. The lowest BCUT2D eigenvalue weighted by atomic mass is 10.0. The van der Waals surface area contributed by atoms with Crippen LogP contribution in [0.15, 0.2) is 36.7 Å². The highest BCUT2D eigenvalue weighted by Crippen LogP contribution is 2.20. The molecular weight excluding hydrogens is 226 g/mol. The van der Waals surface area contributed by atoms with Crippen LogP contribution in [0, 0.1) is 0 Å². The van der Waals surface area contributed by atoms with Gasteiger partial charge in [0.1, 0.15) is 5.75 Å². The summed E-state index contributed by atoms with van der Waals surface area (Å²) in [5.41, 5.74) is 8.44. The van der Waals surface area contributed by atoms with Gasteiger partial charge in [-0.2, -0.15) is 5.10 Å². The zero-order valence-corrected chi connectivity index (χ0v) is 10.8. The Hall–Kier alpha value is -1.81. The predicted molar refractivity (Wildman–Crippen MR) is 71.5 cm³/mol. The first-order chi connectivity index (χ1) is 8.69. The van der Waals surface area contributed by atoms with Crippen LogP contribution in [0.3, 0.4) is 0 Å². The molecule has 0 saturated carbocycles. The smallest absolute Gasteiger partial charge is 0.119 e. The number of aryl methyl sites for hydroxylation is 1. The van der Waals surface area contributed by atoms with Crippen LogP contribution < -0.4 is 10.5 Å². The number of nitrogens with two attached hydrogens (primary N) is 1. The summed E-state index contributed by atoms with van der Waals surface area (Å²) in [6, 6.07) is 7.93. The van der Waals surface area contributed by atoms with Crippen LogP contribution in [-0.4, -0.2) is 16.4 Å². The highest BCUT2D eigenvalue weighted by Gasteiger charge is 2.09. The average molecular weight is 245 g/mol. The van der Waals surface area contributed by atoms with Crippen molar-refractivity contribution in [2.24, 2.45) is 12.8 Å². The Bertz CT molecular complexity index is 507. The van der Waals surface area contributed by atoms with E-state index in [2.05, 4.69) is 5.10 Å². The first-order valence-electron chi connectivity index (χ1n) is 6.15. The molecule has 0 saturated heterocycles. The average Bonchev–Trinajstić information content (AvgIpc) is 2.75. The number of hydrogen-bond donors (Lipinski definition) is 1. The summed E-state index contributed by atoms with van der Waals surface area (Å²) in [4.78, 5) is 0. The van der Waals surface area contributed by atoms with Crippen molar-refractivity contribution in [3.8, 4) is 5.75 Å². The second-order valence-electron chi connectivity index (χ2n) is 4.34. The molecule has 0 aliphatic rings. The van der Waals surface area contributed by atoms with Crippen molar-refractivity contribution in [2.45, 2.75) is 19.4 Å². The summed E-state index contributed by atoms with van der Waals surface area (Å²) in [6.45, 7) is 2.64. The quantitative estimate of drug-likeness (QED) is 0.877. The third-order valence-electron chi connectivity index (χ3n) is 2.81. The molecule has 2 aromatic rings. The van der Waals surface area contributed by atoms with Gasteiger partial charge in [-0.15, -0.1) is 0 Å². The molecule has 4 nitrogen and oxygen atoms in total. The van der Waals surface area contributed by atoms with Gasteiger partial charge in [0, 0.05) is 19.3 Å². The van der Waals surface area contributed by atoms with E-state index >= 15 is 0 Å². The summed E-state index contributed by atoms with van der Waals surface area (Å²) in [6.07, 6.45) is 4.63. The van der Waals surface area contributed by atoms with E-state index in [-0.39, 0.29) is 6.04 Å². The molecule has 0 spiro atoms. The molecular formula is C14H19N3O. The maximum absolute atomic E-state index is 6.21. The maximum Gasteiger partial charge on any atom is 0.119 e. The first kappa shape index (κ1) is 12.6. The Balaban J connectivity index is 2.08. The van der Waals surface area contributed by atoms with E-state index in [9.17, 15) is 0 Å². The molecule has 0 bridgehead atoms. The van der Waals surface area contributed by atoms with Crippen LogP contribution in [0.2, 0.25) is 0 Å². The van der Waals surface area contributed by atoms with E-state index in [4.69, 9.17) is 10.5 Å². The van der Waals surface area contributed by atoms with Gasteiger partial charge in [-0.05, 0) is 36.6 Å². The Kier molecular flexibility index (Phi) is 3.99. The summed E-state index contributed by atoms with van der Waals surface area (Å²) in [7, 11) is 1.91. The summed E-state index contributed by atoms with van der Waals surface area (Å²) < 4.78 is 7.27. The van der Waals surface area contributed by atoms with E-state index in [1.807, 2.05) is 50.6 Å². The standard InChI is InChI=1S/C14H19N3O/c1-3-18-13-6-4-5-12(8-13)14(15)7-11-9-16-17(2)10-11/h4-6,8-10,14H,3,7,15H2,1-2H3. The fourth-order valence-corrected chi connectivity index (χ4v) is 1.95. The van der Waals surface area contributed by atoms with E-state index in [1.165, 1.54) is 0 Å². The first-order valence-corrected chi connectivity index (χ1v) is 6.15. The van der Waals surface area contributed by atoms with Crippen LogP contribution in [0.5, 0.6) is 5.75 Å². The van der Waals surface area contributed by atoms with Gasteiger partial charge in [0.2, 0.25) is 0 Å². The van der Waals surface area contributed by atoms with Gasteiger partial charge in [-0.3, -0.25) is 4.68 Å². The lowest BCUT2D eigenvalue weighted by molar-refractivity contribution is 0.339.